The molecular formula is C25H22N4O2. The Kier molecular flexibility index (Phi) is 4.75. The van der Waals surface area contributed by atoms with Gasteiger partial charge in [-0.3, -0.25) is 14.2 Å². The van der Waals surface area contributed by atoms with E-state index in [0.29, 0.717) is 24.2 Å². The summed E-state index contributed by atoms with van der Waals surface area (Å²) in [6.07, 6.45) is 1.38. The van der Waals surface area contributed by atoms with Gasteiger partial charge in [-0.25, -0.2) is 4.98 Å². The molecule has 2 amide bonds. The van der Waals surface area contributed by atoms with Crippen LogP contribution in [0.1, 0.15) is 29.0 Å². The van der Waals surface area contributed by atoms with Crippen molar-refractivity contribution in [2.75, 3.05) is 16.8 Å². The predicted molar refractivity (Wildman–Crippen MR) is 122 cm³/mol. The van der Waals surface area contributed by atoms with Crippen LogP contribution in [0.25, 0.3) is 16.7 Å². The Morgan fingerprint density at radius 2 is 1.77 bits per heavy atom. The van der Waals surface area contributed by atoms with Crippen LogP contribution in [0.15, 0.2) is 72.8 Å². The lowest BCUT2D eigenvalue weighted by molar-refractivity contribution is -0.117. The number of carbonyl (C=O) groups is 2. The van der Waals surface area contributed by atoms with Gasteiger partial charge in [-0.15, -0.1) is 0 Å². The van der Waals surface area contributed by atoms with Crippen LogP contribution in [-0.4, -0.2) is 27.9 Å². The van der Waals surface area contributed by atoms with Crippen LogP contribution >= 0.6 is 0 Å². The van der Waals surface area contributed by atoms with Crippen LogP contribution in [0.3, 0.4) is 0 Å². The third-order valence-corrected chi connectivity index (χ3v) is 5.62. The van der Waals surface area contributed by atoms with Gasteiger partial charge in [0.2, 0.25) is 5.91 Å². The van der Waals surface area contributed by atoms with Crippen LogP contribution in [0.2, 0.25) is 0 Å². The molecule has 1 aliphatic rings. The number of hydrogen-bond acceptors (Lipinski definition) is 3. The summed E-state index contributed by atoms with van der Waals surface area (Å²) in [5.41, 5.74) is 4.63. The van der Waals surface area contributed by atoms with Crippen LogP contribution in [-0.2, 0) is 4.79 Å². The first-order valence-electron chi connectivity index (χ1n) is 10.4. The molecule has 1 aliphatic heterocycles. The maximum absolute atomic E-state index is 13.0. The van der Waals surface area contributed by atoms with Gasteiger partial charge in [-0.2, -0.15) is 0 Å². The average Bonchev–Trinajstić information content (AvgIpc) is 3.36. The molecule has 0 atom stereocenters. The Morgan fingerprint density at radius 3 is 2.55 bits per heavy atom. The number of amides is 2. The molecule has 1 aromatic heterocycles. The fourth-order valence-corrected chi connectivity index (χ4v) is 4.16. The van der Waals surface area contributed by atoms with Gasteiger partial charge in [0.25, 0.3) is 5.91 Å². The molecule has 5 rings (SSSR count). The molecule has 1 fully saturated rings. The largest absolute Gasteiger partial charge is 0.320 e. The highest BCUT2D eigenvalue weighted by atomic mass is 16.2. The second-order valence-electron chi connectivity index (χ2n) is 7.65. The fraction of sp³-hybridized carbons (Fsp3) is 0.160. The molecule has 31 heavy (non-hydrogen) atoms. The SMILES string of the molecule is Cc1nc2cc(C(=O)Nc3ccccc3N3CCCC3=O)ccc2n1-c1ccccc1. The van der Waals surface area contributed by atoms with E-state index in [0.717, 1.165) is 34.7 Å². The van der Waals surface area contributed by atoms with Gasteiger partial charge < -0.3 is 10.2 Å². The standard InChI is InChI=1S/C25H22N4O2/c1-17-26-21-16-18(13-14-23(21)29(17)19-8-3-2-4-9-19)25(31)27-20-10-5-6-11-22(20)28-15-7-12-24(28)30/h2-6,8-11,13-14,16H,7,12,15H2,1H3,(H,27,31). The average molecular weight is 410 g/mol. The van der Waals surface area contributed by atoms with E-state index in [-0.39, 0.29) is 11.8 Å². The summed E-state index contributed by atoms with van der Waals surface area (Å²) in [6.45, 7) is 2.63. The number of nitrogens with zero attached hydrogens (tertiary/aromatic N) is 3. The first kappa shape index (κ1) is 19.1. The third kappa shape index (κ3) is 3.46. The second kappa shape index (κ2) is 7.72. The van der Waals surface area contributed by atoms with Crippen LogP contribution in [0.4, 0.5) is 11.4 Å². The molecule has 0 saturated carbocycles. The van der Waals surface area contributed by atoms with Crippen molar-refractivity contribution in [1.29, 1.82) is 0 Å². The first-order valence-corrected chi connectivity index (χ1v) is 10.4. The summed E-state index contributed by atoms with van der Waals surface area (Å²) >= 11 is 0. The first-order chi connectivity index (χ1) is 15.1. The highest BCUT2D eigenvalue weighted by Gasteiger charge is 2.24. The Balaban J connectivity index is 1.46. The maximum Gasteiger partial charge on any atom is 0.255 e. The van der Waals surface area contributed by atoms with Gasteiger partial charge in [0.05, 0.1) is 22.4 Å². The van der Waals surface area contributed by atoms with E-state index < -0.39 is 0 Å². The number of para-hydroxylation sites is 3. The van der Waals surface area contributed by atoms with Gasteiger partial charge in [-0.05, 0) is 55.8 Å². The van der Waals surface area contributed by atoms with Crippen molar-refractivity contribution in [2.24, 2.45) is 0 Å². The summed E-state index contributed by atoms with van der Waals surface area (Å²) in [7, 11) is 0. The van der Waals surface area contributed by atoms with E-state index in [4.69, 9.17) is 0 Å². The number of benzene rings is 3. The summed E-state index contributed by atoms with van der Waals surface area (Å²) in [5, 5.41) is 2.97. The van der Waals surface area contributed by atoms with E-state index in [1.54, 1.807) is 11.0 Å². The smallest absolute Gasteiger partial charge is 0.255 e. The molecule has 6 nitrogen and oxygen atoms in total. The topological polar surface area (TPSA) is 67.2 Å². The molecule has 0 spiro atoms. The number of hydrogen-bond donors (Lipinski definition) is 1. The number of fused-ring (bicyclic) bond motifs is 1. The lowest BCUT2D eigenvalue weighted by Gasteiger charge is -2.20. The van der Waals surface area contributed by atoms with E-state index in [2.05, 4.69) is 14.9 Å². The molecule has 4 aromatic rings. The molecule has 0 unspecified atom stereocenters. The molecule has 6 heteroatoms. The normalized spacial score (nSPS) is 13.7. The van der Waals surface area contributed by atoms with Crippen LogP contribution in [0.5, 0.6) is 0 Å². The zero-order valence-corrected chi connectivity index (χ0v) is 17.2. The molecule has 0 bridgehead atoms. The third-order valence-electron chi connectivity index (χ3n) is 5.62. The van der Waals surface area contributed by atoms with E-state index in [1.807, 2.05) is 73.7 Å². The summed E-state index contributed by atoms with van der Waals surface area (Å²) in [4.78, 5) is 31.6. The van der Waals surface area contributed by atoms with Crippen molar-refractivity contribution < 1.29 is 9.59 Å². The molecule has 0 aliphatic carbocycles. The van der Waals surface area contributed by atoms with Crippen molar-refractivity contribution in [3.05, 3.63) is 84.2 Å². The van der Waals surface area contributed by atoms with Crippen molar-refractivity contribution in [3.63, 3.8) is 0 Å². The molecular weight excluding hydrogens is 388 g/mol. The van der Waals surface area contributed by atoms with Gasteiger partial charge in [0.1, 0.15) is 5.82 Å². The number of imidazole rings is 1. The summed E-state index contributed by atoms with van der Waals surface area (Å²) in [6, 6.07) is 23.0. The Bertz CT molecular complexity index is 1290. The number of aryl methyl sites for hydroxylation is 1. The molecule has 154 valence electrons. The summed E-state index contributed by atoms with van der Waals surface area (Å²) in [5.74, 6) is 0.717. The highest BCUT2D eigenvalue weighted by molar-refractivity contribution is 6.09. The van der Waals surface area contributed by atoms with Gasteiger partial charge >= 0.3 is 0 Å². The Hall–Kier alpha value is -3.93. The minimum atomic E-state index is -0.229. The van der Waals surface area contributed by atoms with E-state index in [1.165, 1.54) is 0 Å². The fourth-order valence-electron chi connectivity index (χ4n) is 4.16. The lowest BCUT2D eigenvalue weighted by Crippen LogP contribution is -2.25. The van der Waals surface area contributed by atoms with Crippen LogP contribution in [0, 0.1) is 6.92 Å². The molecule has 2 heterocycles. The summed E-state index contributed by atoms with van der Waals surface area (Å²) < 4.78 is 2.07. The lowest BCUT2D eigenvalue weighted by atomic mass is 10.1. The second-order valence-corrected chi connectivity index (χ2v) is 7.65. The zero-order valence-electron chi connectivity index (χ0n) is 17.2. The Morgan fingerprint density at radius 1 is 1.00 bits per heavy atom. The van der Waals surface area contributed by atoms with Crippen molar-refractivity contribution in [1.82, 2.24) is 9.55 Å². The minimum Gasteiger partial charge on any atom is -0.320 e. The highest BCUT2D eigenvalue weighted by Crippen LogP contribution is 2.30. The number of aromatic nitrogens is 2. The maximum atomic E-state index is 13.0. The molecule has 1 saturated heterocycles. The predicted octanol–water partition coefficient (Wildman–Crippen LogP) is 4.71. The van der Waals surface area contributed by atoms with Gasteiger partial charge in [0.15, 0.2) is 0 Å². The van der Waals surface area contributed by atoms with Gasteiger partial charge in [-0.1, -0.05) is 30.3 Å². The molecule has 1 N–H and O–H groups in total. The van der Waals surface area contributed by atoms with Crippen molar-refractivity contribution >= 4 is 34.2 Å². The molecule has 0 radical (unpaired) electrons. The van der Waals surface area contributed by atoms with Crippen LogP contribution < -0.4 is 10.2 Å². The Labute approximate surface area is 180 Å². The number of rotatable bonds is 4. The van der Waals surface area contributed by atoms with E-state index in [9.17, 15) is 9.59 Å². The number of carbonyl (C=O) groups excluding carboxylic acids is 2. The monoisotopic (exact) mass is 410 g/mol. The van der Waals surface area contributed by atoms with E-state index >= 15 is 0 Å². The van der Waals surface area contributed by atoms with Gasteiger partial charge in [0, 0.05) is 24.2 Å². The van der Waals surface area contributed by atoms with Crippen molar-refractivity contribution in [2.45, 2.75) is 19.8 Å². The quantitative estimate of drug-likeness (QED) is 0.530. The number of anilines is 2. The molecule has 3 aromatic carbocycles. The number of nitrogens with one attached hydrogen (secondary N) is 1. The minimum absolute atomic E-state index is 0.0880. The zero-order chi connectivity index (χ0) is 21.4. The van der Waals surface area contributed by atoms with Crippen molar-refractivity contribution in [3.8, 4) is 5.69 Å².